The molecule has 0 bridgehead atoms. The molecule has 0 aliphatic rings. The molecule has 0 rings (SSSR count). The number of rotatable bonds is 12. The predicted molar refractivity (Wildman–Crippen MR) is 84.4 cm³/mol. The third-order valence-corrected chi connectivity index (χ3v) is 4.15. The van der Waals surface area contributed by atoms with E-state index in [0.717, 1.165) is 38.5 Å². The molecule has 4 N–H and O–H groups in total. The van der Waals surface area contributed by atoms with Crippen LogP contribution in [-0.4, -0.2) is 30.2 Å². The molecule has 0 aromatic heterocycles. The third kappa shape index (κ3) is 8.54. The second-order valence-electron chi connectivity index (χ2n) is 5.72. The number of carbonyl (C=O) groups is 1. The van der Waals surface area contributed by atoms with Crippen LogP contribution in [0, 0.1) is 11.8 Å². The number of hydrogen-bond acceptors (Lipinski definition) is 3. The molecule has 4 nitrogen and oxygen atoms in total. The molecular formula is C16H34N2O2. The topological polar surface area (TPSA) is 75.4 Å². The van der Waals surface area contributed by atoms with Gasteiger partial charge in [0.2, 0.25) is 5.91 Å². The maximum absolute atomic E-state index is 11.8. The van der Waals surface area contributed by atoms with Crippen molar-refractivity contribution < 1.29 is 9.90 Å². The first kappa shape index (κ1) is 19.4. The Labute approximate surface area is 124 Å². The first-order valence-corrected chi connectivity index (χ1v) is 8.23. The van der Waals surface area contributed by atoms with Crippen LogP contribution in [0.15, 0.2) is 0 Å². The van der Waals surface area contributed by atoms with Gasteiger partial charge in [0.1, 0.15) is 0 Å². The smallest absolute Gasteiger partial charge is 0.220 e. The molecule has 0 saturated carbocycles. The molecule has 0 aromatic rings. The Hall–Kier alpha value is -0.610. The van der Waals surface area contributed by atoms with E-state index in [1.807, 2.05) is 0 Å². The Morgan fingerprint density at radius 1 is 1.15 bits per heavy atom. The van der Waals surface area contributed by atoms with Crippen LogP contribution < -0.4 is 11.1 Å². The highest BCUT2D eigenvalue weighted by atomic mass is 16.3. The molecule has 4 heteroatoms. The summed E-state index contributed by atoms with van der Waals surface area (Å²) in [5.74, 6) is 0.883. The number of hydrogen-bond donors (Lipinski definition) is 3. The van der Waals surface area contributed by atoms with Gasteiger partial charge in [-0.3, -0.25) is 4.79 Å². The molecule has 20 heavy (non-hydrogen) atoms. The van der Waals surface area contributed by atoms with Crippen molar-refractivity contribution in [3.05, 3.63) is 0 Å². The Kier molecular flexibility index (Phi) is 11.8. The van der Waals surface area contributed by atoms with Crippen LogP contribution in [-0.2, 0) is 4.79 Å². The highest BCUT2D eigenvalue weighted by Crippen LogP contribution is 2.17. The summed E-state index contributed by atoms with van der Waals surface area (Å²) in [7, 11) is 0. The lowest BCUT2D eigenvalue weighted by Crippen LogP contribution is -2.36. The zero-order valence-electron chi connectivity index (χ0n) is 13.5. The Balaban J connectivity index is 3.92. The Bertz CT molecular complexity index is 229. The quantitative estimate of drug-likeness (QED) is 0.516. The first-order valence-electron chi connectivity index (χ1n) is 8.23. The highest BCUT2D eigenvalue weighted by Gasteiger charge is 2.16. The standard InChI is InChI=1S/C16H34N2O2/c1-4-7-13(10-11-17)8-9-16(20)18-12-15(19)14(5-2)6-3/h13-15,19H,4-12,17H2,1-3H3,(H,18,20). The van der Waals surface area contributed by atoms with Gasteiger partial charge in [0, 0.05) is 13.0 Å². The van der Waals surface area contributed by atoms with Gasteiger partial charge in [-0.05, 0) is 31.2 Å². The Morgan fingerprint density at radius 3 is 2.30 bits per heavy atom. The van der Waals surface area contributed by atoms with Gasteiger partial charge in [-0.1, -0.05) is 46.5 Å². The molecule has 0 radical (unpaired) electrons. The van der Waals surface area contributed by atoms with Crippen molar-refractivity contribution in [2.24, 2.45) is 17.6 Å². The molecule has 2 atom stereocenters. The van der Waals surface area contributed by atoms with Gasteiger partial charge in [0.15, 0.2) is 0 Å². The summed E-state index contributed by atoms with van der Waals surface area (Å²) in [4.78, 5) is 11.8. The van der Waals surface area contributed by atoms with Crippen LogP contribution in [0.25, 0.3) is 0 Å². The lowest BCUT2D eigenvalue weighted by atomic mass is 9.94. The fraction of sp³-hybridized carbons (Fsp3) is 0.938. The van der Waals surface area contributed by atoms with E-state index in [9.17, 15) is 9.90 Å². The van der Waals surface area contributed by atoms with Crippen molar-refractivity contribution in [1.29, 1.82) is 0 Å². The fourth-order valence-electron chi connectivity index (χ4n) is 2.72. The maximum atomic E-state index is 11.8. The number of aliphatic hydroxyl groups excluding tert-OH is 1. The lowest BCUT2D eigenvalue weighted by molar-refractivity contribution is -0.122. The van der Waals surface area contributed by atoms with Gasteiger partial charge in [0.25, 0.3) is 0 Å². The first-order chi connectivity index (χ1) is 9.58. The van der Waals surface area contributed by atoms with E-state index in [-0.39, 0.29) is 11.8 Å². The summed E-state index contributed by atoms with van der Waals surface area (Å²) in [6.07, 6.45) is 6.19. The zero-order chi connectivity index (χ0) is 15.4. The van der Waals surface area contributed by atoms with Crippen molar-refractivity contribution in [1.82, 2.24) is 5.32 Å². The Morgan fingerprint density at radius 2 is 1.80 bits per heavy atom. The molecule has 0 fully saturated rings. The molecule has 0 aliphatic heterocycles. The fourth-order valence-corrected chi connectivity index (χ4v) is 2.72. The molecule has 0 aromatic carbocycles. The number of nitrogens with one attached hydrogen (secondary N) is 1. The van der Waals surface area contributed by atoms with Crippen molar-refractivity contribution >= 4 is 5.91 Å². The monoisotopic (exact) mass is 286 g/mol. The number of carbonyl (C=O) groups excluding carboxylic acids is 1. The number of aliphatic hydroxyl groups is 1. The van der Waals surface area contributed by atoms with Gasteiger partial charge < -0.3 is 16.2 Å². The summed E-state index contributed by atoms with van der Waals surface area (Å²) < 4.78 is 0. The molecular weight excluding hydrogens is 252 g/mol. The summed E-state index contributed by atoms with van der Waals surface area (Å²) in [5, 5.41) is 12.8. The molecule has 2 unspecified atom stereocenters. The predicted octanol–water partition coefficient (Wildman–Crippen LogP) is 2.45. The van der Waals surface area contributed by atoms with Crippen LogP contribution in [0.5, 0.6) is 0 Å². The highest BCUT2D eigenvalue weighted by molar-refractivity contribution is 5.75. The summed E-state index contributed by atoms with van der Waals surface area (Å²) in [6, 6.07) is 0. The lowest BCUT2D eigenvalue weighted by Gasteiger charge is -2.20. The van der Waals surface area contributed by atoms with Crippen molar-refractivity contribution in [2.75, 3.05) is 13.1 Å². The van der Waals surface area contributed by atoms with Crippen molar-refractivity contribution in [2.45, 2.75) is 71.8 Å². The molecule has 0 spiro atoms. The molecule has 120 valence electrons. The van der Waals surface area contributed by atoms with Crippen LogP contribution in [0.1, 0.15) is 65.7 Å². The van der Waals surface area contributed by atoms with E-state index in [4.69, 9.17) is 5.73 Å². The van der Waals surface area contributed by atoms with Crippen LogP contribution >= 0.6 is 0 Å². The minimum Gasteiger partial charge on any atom is -0.391 e. The third-order valence-electron chi connectivity index (χ3n) is 4.15. The minimum absolute atomic E-state index is 0.0492. The van der Waals surface area contributed by atoms with Gasteiger partial charge in [0.05, 0.1) is 6.10 Å². The number of amides is 1. The SMILES string of the molecule is CCCC(CCN)CCC(=O)NCC(O)C(CC)CC. The van der Waals surface area contributed by atoms with Gasteiger partial charge in [-0.25, -0.2) is 0 Å². The largest absolute Gasteiger partial charge is 0.391 e. The van der Waals surface area contributed by atoms with Crippen LogP contribution in [0.2, 0.25) is 0 Å². The summed E-state index contributed by atoms with van der Waals surface area (Å²) in [6.45, 7) is 7.37. The second kappa shape index (κ2) is 12.2. The second-order valence-corrected chi connectivity index (χ2v) is 5.72. The van der Waals surface area contributed by atoms with E-state index in [1.54, 1.807) is 0 Å². The number of nitrogens with two attached hydrogens (primary N) is 1. The summed E-state index contributed by atoms with van der Waals surface area (Å²) >= 11 is 0. The van der Waals surface area contributed by atoms with E-state index in [1.165, 1.54) is 0 Å². The maximum Gasteiger partial charge on any atom is 0.220 e. The summed E-state index contributed by atoms with van der Waals surface area (Å²) in [5.41, 5.74) is 5.59. The molecule has 1 amide bonds. The van der Waals surface area contributed by atoms with E-state index in [0.29, 0.717) is 25.4 Å². The zero-order valence-corrected chi connectivity index (χ0v) is 13.5. The van der Waals surface area contributed by atoms with E-state index in [2.05, 4.69) is 26.1 Å². The minimum atomic E-state index is -0.426. The molecule has 0 saturated heterocycles. The van der Waals surface area contributed by atoms with Gasteiger partial charge in [-0.2, -0.15) is 0 Å². The van der Waals surface area contributed by atoms with E-state index < -0.39 is 6.10 Å². The van der Waals surface area contributed by atoms with Crippen molar-refractivity contribution in [3.8, 4) is 0 Å². The van der Waals surface area contributed by atoms with Crippen LogP contribution in [0.4, 0.5) is 0 Å². The van der Waals surface area contributed by atoms with E-state index >= 15 is 0 Å². The average Bonchev–Trinajstić information content (AvgIpc) is 2.44. The molecule has 0 heterocycles. The normalized spacial score (nSPS) is 14.3. The average molecular weight is 286 g/mol. The van der Waals surface area contributed by atoms with Gasteiger partial charge >= 0.3 is 0 Å². The van der Waals surface area contributed by atoms with Gasteiger partial charge in [-0.15, -0.1) is 0 Å². The van der Waals surface area contributed by atoms with Crippen molar-refractivity contribution in [3.63, 3.8) is 0 Å². The molecule has 0 aliphatic carbocycles. The van der Waals surface area contributed by atoms with Crippen LogP contribution in [0.3, 0.4) is 0 Å².